The van der Waals surface area contributed by atoms with Gasteiger partial charge in [-0.2, -0.15) is 0 Å². The van der Waals surface area contributed by atoms with Crippen LogP contribution >= 0.6 is 0 Å². The van der Waals surface area contributed by atoms with Crippen molar-refractivity contribution in [3.05, 3.63) is 59.2 Å². The number of piperidine rings is 1. The van der Waals surface area contributed by atoms with Crippen LogP contribution in [-0.2, 0) is 24.2 Å². The Bertz CT molecular complexity index is 957. The molecule has 0 radical (unpaired) electrons. The Morgan fingerprint density at radius 2 is 1.69 bits per heavy atom. The number of likely N-dealkylation sites (tertiary alicyclic amines) is 1. The summed E-state index contributed by atoms with van der Waals surface area (Å²) >= 11 is 0. The number of rotatable bonds is 9. The van der Waals surface area contributed by atoms with E-state index in [0.717, 1.165) is 75.3 Å². The summed E-state index contributed by atoms with van der Waals surface area (Å²) in [5, 5.41) is 0. The number of aryl methyl sites for hydroxylation is 1. The number of carbonyl (C=O) groups is 1. The van der Waals surface area contributed by atoms with Crippen LogP contribution in [0.3, 0.4) is 0 Å². The molecule has 2 aliphatic rings. The van der Waals surface area contributed by atoms with Crippen LogP contribution in [0.4, 0.5) is 4.79 Å². The molecule has 1 aliphatic heterocycles. The van der Waals surface area contributed by atoms with Gasteiger partial charge >= 0.3 is 6.09 Å². The predicted octanol–water partition coefficient (Wildman–Crippen LogP) is 5.32. The van der Waals surface area contributed by atoms with Gasteiger partial charge in [0.25, 0.3) is 0 Å². The van der Waals surface area contributed by atoms with Crippen molar-refractivity contribution in [1.82, 2.24) is 9.80 Å². The Labute approximate surface area is 210 Å². The van der Waals surface area contributed by atoms with Crippen LogP contribution in [0, 0.1) is 5.92 Å². The average Bonchev–Trinajstić information content (AvgIpc) is 2.91. The molecule has 1 heterocycles. The number of ether oxygens (including phenoxy) is 3. The second kappa shape index (κ2) is 12.3. The fourth-order valence-electron chi connectivity index (χ4n) is 5.53. The average molecular weight is 481 g/mol. The number of fused-ring (bicyclic) bond motifs is 1. The van der Waals surface area contributed by atoms with E-state index in [1.54, 1.807) is 14.2 Å². The monoisotopic (exact) mass is 480 g/mol. The molecule has 1 aliphatic carbocycles. The topological polar surface area (TPSA) is 51.2 Å². The molecule has 1 atom stereocenters. The van der Waals surface area contributed by atoms with Crippen molar-refractivity contribution < 1.29 is 19.0 Å². The number of carbonyl (C=O) groups excluding carboxylic acids is 1. The first kappa shape index (κ1) is 25.4. The van der Waals surface area contributed by atoms with E-state index in [-0.39, 0.29) is 6.09 Å². The summed E-state index contributed by atoms with van der Waals surface area (Å²) in [5.74, 6) is 2.26. The quantitative estimate of drug-likeness (QED) is 0.486. The molecule has 0 bridgehead atoms. The highest BCUT2D eigenvalue weighted by atomic mass is 16.6. The molecule has 6 heteroatoms. The number of hydrogen-bond acceptors (Lipinski definition) is 5. The maximum absolute atomic E-state index is 12.5. The zero-order chi connectivity index (χ0) is 24.6. The van der Waals surface area contributed by atoms with Crippen LogP contribution < -0.4 is 9.47 Å². The second-order valence-corrected chi connectivity index (χ2v) is 9.84. The van der Waals surface area contributed by atoms with Crippen molar-refractivity contribution in [2.75, 3.05) is 40.4 Å². The maximum atomic E-state index is 12.5. The lowest BCUT2D eigenvalue weighted by Crippen LogP contribution is -2.46. The number of methoxy groups -OCH3 is 2. The molecule has 1 unspecified atom stereocenters. The highest BCUT2D eigenvalue weighted by molar-refractivity contribution is 5.67. The Kier molecular flexibility index (Phi) is 8.91. The van der Waals surface area contributed by atoms with Crippen molar-refractivity contribution in [2.45, 2.75) is 58.1 Å². The van der Waals surface area contributed by atoms with Crippen molar-refractivity contribution in [3.8, 4) is 11.5 Å². The van der Waals surface area contributed by atoms with E-state index in [0.29, 0.717) is 18.6 Å². The minimum Gasteiger partial charge on any atom is -0.493 e. The summed E-state index contributed by atoms with van der Waals surface area (Å²) in [6.07, 6.45) is 6.34. The van der Waals surface area contributed by atoms with Gasteiger partial charge in [0.2, 0.25) is 0 Å². The minimum absolute atomic E-state index is 0.189. The van der Waals surface area contributed by atoms with E-state index in [1.165, 1.54) is 17.5 Å². The first-order valence-electron chi connectivity index (χ1n) is 13.0. The number of hydrogen-bond donors (Lipinski definition) is 0. The van der Waals surface area contributed by atoms with Crippen LogP contribution in [0.25, 0.3) is 0 Å². The standard InChI is InChI=1S/C29H40N2O4/c1-4-14-31(26-11-10-24-18-27(33-2)28(34-3)19-25(24)17-26)20-22-12-15-30(16-13-22)29(32)35-21-23-8-6-5-7-9-23/h5-9,18-19,22,26H,4,10-17,20-21H2,1-3H3. The largest absolute Gasteiger partial charge is 0.493 e. The molecule has 2 aromatic carbocycles. The zero-order valence-corrected chi connectivity index (χ0v) is 21.5. The Morgan fingerprint density at radius 3 is 2.34 bits per heavy atom. The lowest BCUT2D eigenvalue weighted by atomic mass is 9.86. The third-order valence-corrected chi connectivity index (χ3v) is 7.51. The summed E-state index contributed by atoms with van der Waals surface area (Å²) in [7, 11) is 3.41. The second-order valence-electron chi connectivity index (χ2n) is 9.84. The number of benzene rings is 2. The molecule has 2 aromatic rings. The van der Waals surface area contributed by atoms with E-state index in [2.05, 4.69) is 24.0 Å². The molecular weight excluding hydrogens is 440 g/mol. The molecule has 1 amide bonds. The summed E-state index contributed by atoms with van der Waals surface area (Å²) < 4.78 is 16.6. The van der Waals surface area contributed by atoms with Crippen molar-refractivity contribution in [3.63, 3.8) is 0 Å². The van der Waals surface area contributed by atoms with E-state index < -0.39 is 0 Å². The van der Waals surface area contributed by atoms with Crippen LogP contribution in [-0.4, -0.2) is 62.3 Å². The molecule has 0 saturated carbocycles. The molecule has 0 spiro atoms. The Balaban J connectivity index is 1.30. The predicted molar refractivity (Wildman–Crippen MR) is 138 cm³/mol. The van der Waals surface area contributed by atoms with Crippen LogP contribution in [0.15, 0.2) is 42.5 Å². The van der Waals surface area contributed by atoms with E-state index >= 15 is 0 Å². The van der Waals surface area contributed by atoms with Gasteiger partial charge in [-0.25, -0.2) is 4.79 Å². The first-order valence-corrected chi connectivity index (χ1v) is 13.0. The van der Waals surface area contributed by atoms with Gasteiger partial charge in [0, 0.05) is 25.7 Å². The van der Waals surface area contributed by atoms with Crippen LogP contribution in [0.1, 0.15) is 49.3 Å². The van der Waals surface area contributed by atoms with Gasteiger partial charge in [-0.1, -0.05) is 37.3 Å². The lowest BCUT2D eigenvalue weighted by Gasteiger charge is -2.39. The third-order valence-electron chi connectivity index (χ3n) is 7.51. The molecule has 4 rings (SSSR count). The van der Waals surface area contributed by atoms with E-state index in [9.17, 15) is 4.79 Å². The first-order chi connectivity index (χ1) is 17.1. The zero-order valence-electron chi connectivity index (χ0n) is 21.5. The Hall–Kier alpha value is -2.73. The third kappa shape index (κ3) is 6.49. The molecule has 1 fully saturated rings. The van der Waals surface area contributed by atoms with Crippen LogP contribution in [0.5, 0.6) is 11.5 Å². The highest BCUT2D eigenvalue weighted by Gasteiger charge is 2.30. The summed E-state index contributed by atoms with van der Waals surface area (Å²) in [6, 6.07) is 14.7. The molecular formula is C29H40N2O4. The molecule has 0 aromatic heterocycles. The molecule has 0 N–H and O–H groups in total. The Morgan fingerprint density at radius 1 is 1.00 bits per heavy atom. The fourth-order valence-corrected chi connectivity index (χ4v) is 5.53. The van der Waals surface area contributed by atoms with Gasteiger partial charge in [0.1, 0.15) is 6.61 Å². The summed E-state index contributed by atoms with van der Waals surface area (Å²) in [5.41, 5.74) is 3.80. The number of amides is 1. The van der Waals surface area contributed by atoms with Crippen molar-refractivity contribution in [2.24, 2.45) is 5.92 Å². The minimum atomic E-state index is -0.189. The van der Waals surface area contributed by atoms with Gasteiger partial charge in [-0.15, -0.1) is 0 Å². The van der Waals surface area contributed by atoms with Crippen molar-refractivity contribution >= 4 is 6.09 Å². The van der Waals surface area contributed by atoms with Gasteiger partial charge in [-0.05, 0) is 79.8 Å². The van der Waals surface area contributed by atoms with E-state index in [1.807, 2.05) is 35.2 Å². The molecule has 190 valence electrons. The molecule has 6 nitrogen and oxygen atoms in total. The molecule has 35 heavy (non-hydrogen) atoms. The van der Waals surface area contributed by atoms with Crippen LogP contribution in [0.2, 0.25) is 0 Å². The fraction of sp³-hybridized carbons (Fsp3) is 0.552. The van der Waals surface area contributed by atoms with E-state index in [4.69, 9.17) is 14.2 Å². The SMILES string of the molecule is CCCN(CC1CCN(C(=O)OCc2ccccc2)CC1)C1CCc2cc(OC)c(OC)cc2C1. The van der Waals surface area contributed by atoms with Crippen molar-refractivity contribution in [1.29, 1.82) is 0 Å². The van der Waals surface area contributed by atoms with Gasteiger partial charge in [0.05, 0.1) is 14.2 Å². The molecule has 1 saturated heterocycles. The lowest BCUT2D eigenvalue weighted by molar-refractivity contribution is 0.0718. The summed E-state index contributed by atoms with van der Waals surface area (Å²) in [4.78, 5) is 17.1. The van der Waals surface area contributed by atoms with Gasteiger partial charge < -0.3 is 19.1 Å². The van der Waals surface area contributed by atoms with Gasteiger partial charge in [0.15, 0.2) is 11.5 Å². The summed E-state index contributed by atoms with van der Waals surface area (Å²) in [6.45, 7) is 6.39. The smallest absolute Gasteiger partial charge is 0.410 e. The normalized spacial score (nSPS) is 18.3. The van der Waals surface area contributed by atoms with Gasteiger partial charge in [-0.3, -0.25) is 4.90 Å². The number of nitrogens with zero attached hydrogens (tertiary/aromatic N) is 2. The highest BCUT2D eigenvalue weighted by Crippen LogP contribution is 2.35. The maximum Gasteiger partial charge on any atom is 0.410 e.